The van der Waals surface area contributed by atoms with E-state index >= 15 is 0 Å². The smallest absolute Gasteiger partial charge is 0.462 e. The molecular weight excluding hydrogens is 307 g/mol. The molecule has 1 unspecified atom stereocenters. The highest BCUT2D eigenvalue weighted by Crippen LogP contribution is 2.61. The molecule has 5 nitrogen and oxygen atoms in total. The predicted molar refractivity (Wildman–Crippen MR) is 90.5 cm³/mol. The number of carbonyl (C=O) groups excluding carboxylic acids is 2. The summed E-state index contributed by atoms with van der Waals surface area (Å²) in [7, 11) is -0.463. The molecule has 0 aromatic heterocycles. The number of rotatable bonds is 5. The van der Waals surface area contributed by atoms with E-state index in [1.807, 2.05) is 41.5 Å². The van der Waals surface area contributed by atoms with Gasteiger partial charge in [0.1, 0.15) is 5.78 Å². The standard InChI is InChI=1S/C18H29BO5/c1-11(2)22-15(21)18(9-13(20)10-18)14(12-7-8-12)19-23-16(3,4)17(5,6)24-19/h11-12,14H,7-10H2,1-6H3. The molecule has 2 aliphatic carbocycles. The van der Waals surface area contributed by atoms with Crippen LogP contribution in [0.4, 0.5) is 0 Å². The third-order valence-electron chi connectivity index (χ3n) is 6.11. The molecule has 1 saturated heterocycles. The lowest BCUT2D eigenvalue weighted by molar-refractivity contribution is -0.171. The number of hydrogen-bond donors (Lipinski definition) is 0. The van der Waals surface area contributed by atoms with Crippen LogP contribution < -0.4 is 0 Å². The van der Waals surface area contributed by atoms with Crippen LogP contribution in [0, 0.1) is 11.3 Å². The molecule has 24 heavy (non-hydrogen) atoms. The predicted octanol–water partition coefficient (Wildman–Crippen LogP) is 3.16. The van der Waals surface area contributed by atoms with Crippen molar-refractivity contribution in [2.45, 2.75) is 90.3 Å². The van der Waals surface area contributed by atoms with Crippen LogP contribution in [0.2, 0.25) is 5.82 Å². The molecule has 0 bridgehead atoms. The minimum atomic E-state index is -0.774. The number of Topliss-reactive ketones (excluding diaryl/α,β-unsaturated/α-hetero) is 1. The van der Waals surface area contributed by atoms with Crippen LogP contribution in [0.15, 0.2) is 0 Å². The van der Waals surface area contributed by atoms with Crippen molar-refractivity contribution >= 4 is 18.9 Å². The van der Waals surface area contributed by atoms with Crippen molar-refractivity contribution in [2.24, 2.45) is 11.3 Å². The zero-order valence-electron chi connectivity index (χ0n) is 15.7. The summed E-state index contributed by atoms with van der Waals surface area (Å²) in [4.78, 5) is 24.7. The second-order valence-electron chi connectivity index (χ2n) is 8.99. The molecule has 1 aliphatic heterocycles. The van der Waals surface area contributed by atoms with E-state index in [9.17, 15) is 9.59 Å². The van der Waals surface area contributed by atoms with Crippen LogP contribution in [0.5, 0.6) is 0 Å². The minimum absolute atomic E-state index is 0.109. The molecule has 3 rings (SSSR count). The van der Waals surface area contributed by atoms with Crippen LogP contribution in [0.1, 0.15) is 67.2 Å². The van der Waals surface area contributed by atoms with Crippen molar-refractivity contribution in [1.82, 2.24) is 0 Å². The monoisotopic (exact) mass is 336 g/mol. The van der Waals surface area contributed by atoms with Gasteiger partial charge in [0.15, 0.2) is 0 Å². The fourth-order valence-electron chi connectivity index (χ4n) is 3.92. The second-order valence-corrected chi connectivity index (χ2v) is 8.99. The first-order valence-corrected chi connectivity index (χ1v) is 9.07. The minimum Gasteiger partial charge on any atom is -0.463 e. The van der Waals surface area contributed by atoms with E-state index in [-0.39, 0.29) is 36.5 Å². The van der Waals surface area contributed by atoms with Gasteiger partial charge in [-0.05, 0) is 47.5 Å². The van der Waals surface area contributed by atoms with Gasteiger partial charge in [0, 0.05) is 18.7 Å². The Balaban J connectivity index is 1.89. The molecule has 6 heteroatoms. The van der Waals surface area contributed by atoms with E-state index < -0.39 is 23.7 Å². The van der Waals surface area contributed by atoms with Gasteiger partial charge in [-0.2, -0.15) is 0 Å². The quantitative estimate of drug-likeness (QED) is 0.570. The Hall–Kier alpha value is -0.875. The first kappa shape index (κ1) is 17.9. The summed E-state index contributed by atoms with van der Waals surface area (Å²) in [5, 5.41) is 0. The summed E-state index contributed by atoms with van der Waals surface area (Å²) in [5.74, 6) is 0.122. The Bertz CT molecular complexity index is 526. The fourth-order valence-corrected chi connectivity index (χ4v) is 3.92. The van der Waals surface area contributed by atoms with Crippen molar-refractivity contribution in [3.8, 4) is 0 Å². The van der Waals surface area contributed by atoms with Crippen LogP contribution in [0.3, 0.4) is 0 Å². The molecule has 0 amide bonds. The second kappa shape index (κ2) is 5.56. The normalized spacial score (nSPS) is 28.6. The van der Waals surface area contributed by atoms with E-state index in [0.717, 1.165) is 12.8 Å². The van der Waals surface area contributed by atoms with E-state index in [1.165, 1.54) is 0 Å². The maximum atomic E-state index is 12.9. The molecule has 0 aromatic carbocycles. The number of ether oxygens (including phenoxy) is 1. The van der Waals surface area contributed by atoms with E-state index in [0.29, 0.717) is 5.92 Å². The zero-order chi connectivity index (χ0) is 17.9. The van der Waals surface area contributed by atoms with E-state index in [1.54, 1.807) is 0 Å². The summed E-state index contributed by atoms with van der Waals surface area (Å²) in [6.07, 6.45) is 2.43. The summed E-state index contributed by atoms with van der Waals surface area (Å²) < 4.78 is 18.0. The van der Waals surface area contributed by atoms with E-state index in [4.69, 9.17) is 14.0 Å². The van der Waals surface area contributed by atoms with Gasteiger partial charge >= 0.3 is 13.1 Å². The van der Waals surface area contributed by atoms with E-state index in [2.05, 4.69) is 0 Å². The number of carbonyl (C=O) groups is 2. The molecule has 0 radical (unpaired) electrons. The summed E-state index contributed by atoms with van der Waals surface area (Å²) >= 11 is 0. The average Bonchev–Trinajstić information content (AvgIpc) is 3.15. The highest BCUT2D eigenvalue weighted by Gasteiger charge is 2.67. The van der Waals surface area contributed by atoms with Gasteiger partial charge < -0.3 is 14.0 Å². The van der Waals surface area contributed by atoms with Crippen LogP contribution in [-0.4, -0.2) is 36.2 Å². The summed E-state index contributed by atoms with van der Waals surface area (Å²) in [6.45, 7) is 11.7. The van der Waals surface area contributed by atoms with Crippen molar-refractivity contribution in [2.75, 3.05) is 0 Å². The molecule has 1 atom stereocenters. The van der Waals surface area contributed by atoms with Crippen molar-refractivity contribution in [3.63, 3.8) is 0 Å². The van der Waals surface area contributed by atoms with Crippen molar-refractivity contribution in [3.05, 3.63) is 0 Å². The molecule has 3 fully saturated rings. The van der Waals surface area contributed by atoms with Gasteiger partial charge in [0.05, 0.1) is 22.7 Å². The highest BCUT2D eigenvalue weighted by molar-refractivity contribution is 6.49. The zero-order valence-corrected chi connectivity index (χ0v) is 15.7. The summed E-state index contributed by atoms with van der Waals surface area (Å²) in [6, 6.07) is 0. The lowest BCUT2D eigenvalue weighted by atomic mass is 9.47. The Morgan fingerprint density at radius 1 is 1.12 bits per heavy atom. The largest absolute Gasteiger partial charge is 0.463 e. The third kappa shape index (κ3) is 2.82. The third-order valence-corrected chi connectivity index (χ3v) is 6.11. The first-order chi connectivity index (χ1) is 11.0. The molecule has 0 spiro atoms. The van der Waals surface area contributed by atoms with Crippen LogP contribution in [-0.2, 0) is 23.6 Å². The topological polar surface area (TPSA) is 61.8 Å². The lowest BCUT2D eigenvalue weighted by Gasteiger charge is -2.45. The number of ketones is 1. The average molecular weight is 336 g/mol. The van der Waals surface area contributed by atoms with Gasteiger partial charge in [-0.25, -0.2) is 0 Å². The lowest BCUT2D eigenvalue weighted by Crippen LogP contribution is -2.54. The van der Waals surface area contributed by atoms with Crippen LogP contribution >= 0.6 is 0 Å². The molecule has 0 N–H and O–H groups in total. The Morgan fingerprint density at radius 2 is 1.62 bits per heavy atom. The van der Waals surface area contributed by atoms with Crippen molar-refractivity contribution < 1.29 is 23.6 Å². The SMILES string of the molecule is CC(C)OC(=O)C1(C(B2OC(C)(C)C(C)(C)O2)C2CC2)CC(=O)C1. The molecular formula is C18H29BO5. The molecule has 2 saturated carbocycles. The Morgan fingerprint density at radius 3 is 2.00 bits per heavy atom. The Labute approximate surface area is 144 Å². The first-order valence-electron chi connectivity index (χ1n) is 9.07. The fraction of sp³-hybridized carbons (Fsp3) is 0.889. The highest BCUT2D eigenvalue weighted by atomic mass is 16.7. The van der Waals surface area contributed by atoms with Gasteiger partial charge in [0.25, 0.3) is 0 Å². The van der Waals surface area contributed by atoms with Gasteiger partial charge in [-0.15, -0.1) is 0 Å². The van der Waals surface area contributed by atoms with Gasteiger partial charge in [-0.1, -0.05) is 12.8 Å². The Kier molecular flexibility index (Phi) is 4.16. The number of hydrogen-bond acceptors (Lipinski definition) is 5. The maximum absolute atomic E-state index is 12.9. The van der Waals surface area contributed by atoms with Crippen LogP contribution in [0.25, 0.3) is 0 Å². The molecule has 0 aromatic rings. The maximum Gasteiger partial charge on any atom is 0.462 e. The summed E-state index contributed by atoms with van der Waals surface area (Å²) in [5.41, 5.74) is -1.66. The number of esters is 1. The van der Waals surface area contributed by atoms with Crippen molar-refractivity contribution in [1.29, 1.82) is 0 Å². The van der Waals surface area contributed by atoms with Gasteiger partial charge in [-0.3, -0.25) is 9.59 Å². The molecule has 134 valence electrons. The van der Waals surface area contributed by atoms with Gasteiger partial charge in [0.2, 0.25) is 0 Å². The molecule has 1 heterocycles. The molecule has 3 aliphatic rings.